The van der Waals surface area contributed by atoms with Crippen molar-refractivity contribution in [3.05, 3.63) is 23.5 Å². The summed E-state index contributed by atoms with van der Waals surface area (Å²) in [6, 6.07) is 2.52. The van der Waals surface area contributed by atoms with E-state index in [9.17, 15) is 12.8 Å². The summed E-state index contributed by atoms with van der Waals surface area (Å²) in [5.41, 5.74) is 5.95. The highest BCUT2D eigenvalue weighted by Gasteiger charge is 2.20. The molecule has 0 aliphatic carbocycles. The lowest BCUT2D eigenvalue weighted by Crippen LogP contribution is -2.25. The van der Waals surface area contributed by atoms with Gasteiger partial charge in [0.2, 0.25) is 10.0 Å². The summed E-state index contributed by atoms with van der Waals surface area (Å²) in [7, 11) is -3.80. The highest BCUT2D eigenvalue weighted by Crippen LogP contribution is 2.21. The summed E-state index contributed by atoms with van der Waals surface area (Å²) in [5.74, 6) is -0.752. The molecule has 0 atom stereocenters. The van der Waals surface area contributed by atoms with E-state index in [0.717, 1.165) is 6.07 Å². The minimum Gasteiger partial charge on any atom is -0.399 e. The maximum absolute atomic E-state index is 13.6. The Morgan fingerprint density at radius 1 is 1.44 bits per heavy atom. The van der Waals surface area contributed by atoms with Crippen molar-refractivity contribution in [2.75, 3.05) is 12.3 Å². The van der Waals surface area contributed by atoms with Gasteiger partial charge in [0.25, 0.3) is 0 Å². The van der Waals surface area contributed by atoms with E-state index in [2.05, 4.69) is 4.72 Å². The number of hydrogen-bond donors (Lipinski definition) is 2. The number of benzene rings is 1. The number of nitrogens with two attached hydrogens (primary N) is 1. The van der Waals surface area contributed by atoms with Crippen LogP contribution in [0.1, 0.15) is 18.9 Å². The van der Waals surface area contributed by atoms with Crippen LogP contribution in [0.2, 0.25) is 0 Å². The molecular weight excluding hydrogens is 231 g/mol. The van der Waals surface area contributed by atoms with E-state index < -0.39 is 20.7 Å². The van der Waals surface area contributed by atoms with Crippen LogP contribution >= 0.6 is 0 Å². The van der Waals surface area contributed by atoms with E-state index in [1.54, 1.807) is 0 Å². The Morgan fingerprint density at radius 3 is 2.62 bits per heavy atom. The molecule has 0 aliphatic rings. The predicted molar refractivity (Wildman–Crippen MR) is 61.0 cm³/mol. The van der Waals surface area contributed by atoms with Gasteiger partial charge in [-0.15, -0.1) is 0 Å². The molecular formula is C10H15FN2O2S. The fraction of sp³-hybridized carbons (Fsp3) is 0.400. The minimum absolute atomic E-state index is 0.219. The maximum Gasteiger partial charge on any atom is 0.243 e. The molecule has 0 amide bonds. The smallest absolute Gasteiger partial charge is 0.243 e. The lowest BCUT2D eigenvalue weighted by molar-refractivity contribution is 0.553. The van der Waals surface area contributed by atoms with Crippen molar-refractivity contribution >= 4 is 15.7 Å². The van der Waals surface area contributed by atoms with Crippen molar-refractivity contribution in [2.24, 2.45) is 0 Å². The largest absolute Gasteiger partial charge is 0.399 e. The van der Waals surface area contributed by atoms with Gasteiger partial charge in [-0.3, -0.25) is 0 Å². The number of anilines is 1. The van der Waals surface area contributed by atoms with Crippen molar-refractivity contribution < 1.29 is 12.8 Å². The van der Waals surface area contributed by atoms with Gasteiger partial charge in [0.15, 0.2) is 0 Å². The van der Waals surface area contributed by atoms with Gasteiger partial charge in [0.05, 0.1) is 0 Å². The topological polar surface area (TPSA) is 72.2 Å². The molecule has 0 saturated heterocycles. The molecule has 0 radical (unpaired) electrons. The number of halogens is 1. The standard InChI is InChI=1S/C10H15FN2O2S/c1-3-4-13-16(14,15)9-6-8(12)5-7(2)10(9)11/h5-6,13H,3-4,12H2,1-2H3. The number of rotatable bonds is 4. The molecule has 1 aromatic rings. The summed E-state index contributed by atoms with van der Waals surface area (Å²) < 4.78 is 39.3. The van der Waals surface area contributed by atoms with Crippen LogP contribution < -0.4 is 10.5 Å². The average Bonchev–Trinajstić information content (AvgIpc) is 2.20. The van der Waals surface area contributed by atoms with Gasteiger partial charge in [0.1, 0.15) is 10.7 Å². The van der Waals surface area contributed by atoms with E-state index in [-0.39, 0.29) is 17.8 Å². The zero-order chi connectivity index (χ0) is 12.3. The minimum atomic E-state index is -3.80. The van der Waals surface area contributed by atoms with Crippen LogP contribution in [0.5, 0.6) is 0 Å². The van der Waals surface area contributed by atoms with Crippen LogP contribution in [0.4, 0.5) is 10.1 Å². The zero-order valence-corrected chi connectivity index (χ0v) is 10.1. The fourth-order valence-corrected chi connectivity index (χ4v) is 2.59. The Hall–Kier alpha value is -1.14. The van der Waals surface area contributed by atoms with Crippen LogP contribution in [-0.2, 0) is 10.0 Å². The van der Waals surface area contributed by atoms with Gasteiger partial charge in [0, 0.05) is 12.2 Å². The van der Waals surface area contributed by atoms with Crippen molar-refractivity contribution in [3.63, 3.8) is 0 Å². The first kappa shape index (κ1) is 12.9. The van der Waals surface area contributed by atoms with Gasteiger partial charge in [-0.25, -0.2) is 17.5 Å². The van der Waals surface area contributed by atoms with E-state index in [4.69, 9.17) is 5.73 Å². The first-order valence-corrected chi connectivity index (χ1v) is 6.42. The van der Waals surface area contributed by atoms with Gasteiger partial charge in [-0.1, -0.05) is 6.92 Å². The van der Waals surface area contributed by atoms with Crippen molar-refractivity contribution in [2.45, 2.75) is 25.2 Å². The quantitative estimate of drug-likeness (QED) is 0.789. The molecule has 1 aromatic carbocycles. The van der Waals surface area contributed by atoms with E-state index in [1.807, 2.05) is 6.92 Å². The number of aryl methyl sites for hydroxylation is 1. The number of hydrogen-bond acceptors (Lipinski definition) is 3. The Labute approximate surface area is 94.7 Å². The third-order valence-electron chi connectivity index (χ3n) is 2.08. The summed E-state index contributed by atoms with van der Waals surface area (Å²) in [6.07, 6.45) is 0.641. The monoisotopic (exact) mass is 246 g/mol. The van der Waals surface area contributed by atoms with E-state index >= 15 is 0 Å². The predicted octanol–water partition coefficient (Wildman–Crippen LogP) is 1.40. The van der Waals surface area contributed by atoms with Gasteiger partial charge in [-0.2, -0.15) is 0 Å². The highest BCUT2D eigenvalue weighted by atomic mass is 32.2. The number of nitrogen functional groups attached to an aromatic ring is 1. The van der Waals surface area contributed by atoms with Crippen LogP contribution in [0.25, 0.3) is 0 Å². The first-order chi connectivity index (χ1) is 7.38. The molecule has 0 saturated carbocycles. The number of sulfonamides is 1. The van der Waals surface area contributed by atoms with Gasteiger partial charge >= 0.3 is 0 Å². The van der Waals surface area contributed by atoms with Crippen LogP contribution in [0, 0.1) is 12.7 Å². The normalized spacial score (nSPS) is 11.7. The summed E-state index contributed by atoms with van der Waals surface area (Å²) in [5, 5.41) is 0. The molecule has 16 heavy (non-hydrogen) atoms. The molecule has 0 unspecified atom stereocenters. The maximum atomic E-state index is 13.6. The SMILES string of the molecule is CCCNS(=O)(=O)c1cc(N)cc(C)c1F. The molecule has 0 spiro atoms. The fourth-order valence-electron chi connectivity index (χ4n) is 1.27. The molecule has 0 bridgehead atoms. The number of nitrogens with one attached hydrogen (secondary N) is 1. The Kier molecular flexibility index (Phi) is 3.88. The lowest BCUT2D eigenvalue weighted by atomic mass is 10.2. The molecule has 0 heterocycles. The first-order valence-electron chi connectivity index (χ1n) is 4.93. The zero-order valence-electron chi connectivity index (χ0n) is 9.25. The van der Waals surface area contributed by atoms with E-state index in [0.29, 0.717) is 6.42 Å². The Morgan fingerprint density at radius 2 is 2.06 bits per heavy atom. The molecule has 0 fully saturated rings. The second kappa shape index (κ2) is 4.80. The van der Waals surface area contributed by atoms with Crippen molar-refractivity contribution in [1.82, 2.24) is 4.72 Å². The summed E-state index contributed by atoms with van der Waals surface area (Å²) >= 11 is 0. The van der Waals surface area contributed by atoms with Gasteiger partial charge < -0.3 is 5.73 Å². The third-order valence-corrected chi connectivity index (χ3v) is 3.54. The third kappa shape index (κ3) is 2.70. The van der Waals surface area contributed by atoms with Crippen molar-refractivity contribution in [3.8, 4) is 0 Å². The van der Waals surface area contributed by atoms with Crippen LogP contribution in [-0.4, -0.2) is 15.0 Å². The lowest BCUT2D eigenvalue weighted by Gasteiger charge is -2.09. The van der Waals surface area contributed by atoms with Crippen LogP contribution in [0.15, 0.2) is 17.0 Å². The summed E-state index contributed by atoms with van der Waals surface area (Å²) in [4.78, 5) is -0.390. The molecule has 90 valence electrons. The van der Waals surface area contributed by atoms with E-state index in [1.165, 1.54) is 13.0 Å². The second-order valence-electron chi connectivity index (χ2n) is 3.55. The average molecular weight is 246 g/mol. The molecule has 1 rings (SSSR count). The van der Waals surface area contributed by atoms with Gasteiger partial charge in [-0.05, 0) is 31.0 Å². The Balaban J connectivity index is 3.22. The Bertz CT molecular complexity index is 486. The molecule has 0 aliphatic heterocycles. The highest BCUT2D eigenvalue weighted by molar-refractivity contribution is 7.89. The molecule has 0 aromatic heterocycles. The second-order valence-corrected chi connectivity index (χ2v) is 5.28. The molecule has 4 nitrogen and oxygen atoms in total. The summed E-state index contributed by atoms with van der Waals surface area (Å²) in [6.45, 7) is 3.57. The van der Waals surface area contributed by atoms with Crippen molar-refractivity contribution in [1.29, 1.82) is 0 Å². The molecule has 3 N–H and O–H groups in total. The van der Waals surface area contributed by atoms with Crippen LogP contribution in [0.3, 0.4) is 0 Å². The molecule has 6 heteroatoms.